The number of thiocarbonyl (C=S) groups is 2. The normalized spacial score (nSPS) is 19.3. The van der Waals surface area contributed by atoms with E-state index in [-0.39, 0.29) is 13.2 Å². The Morgan fingerprint density at radius 2 is 0.816 bits per heavy atom. The quantitative estimate of drug-likeness (QED) is 0.0497. The van der Waals surface area contributed by atoms with Crippen molar-refractivity contribution in [3.8, 4) is 0 Å². The molecule has 1 heterocycles. The maximum absolute atomic E-state index is 10.7. The van der Waals surface area contributed by atoms with Gasteiger partial charge < -0.3 is 24.4 Å². The third-order valence-electron chi connectivity index (χ3n) is 10.2. The minimum atomic E-state index is -1.10. The van der Waals surface area contributed by atoms with E-state index in [1.54, 1.807) is 0 Å². The molecule has 1 aliphatic heterocycles. The molecule has 2 N–H and O–H groups in total. The summed E-state index contributed by atoms with van der Waals surface area (Å²) in [5, 5.41) is 22.4. The Morgan fingerprint density at radius 3 is 1.18 bits per heavy atom. The van der Waals surface area contributed by atoms with Gasteiger partial charge in [-0.05, 0) is 37.3 Å². The first-order chi connectivity index (χ1) is 24.0. The largest absolute Gasteiger partial charge is 0.484 e. The molecular weight excluding hydrogens is 649 g/mol. The maximum atomic E-state index is 10.7. The van der Waals surface area contributed by atoms with Crippen molar-refractivity contribution >= 4 is 34.5 Å². The van der Waals surface area contributed by atoms with Crippen LogP contribution in [0.15, 0.2) is 0 Å². The molecule has 0 bridgehead atoms. The van der Waals surface area contributed by atoms with Crippen LogP contribution < -0.4 is 0 Å². The summed E-state index contributed by atoms with van der Waals surface area (Å²) >= 11 is 10.9. The monoisotopic (exact) mass is 729 g/mol. The van der Waals surface area contributed by atoms with E-state index in [9.17, 15) is 10.2 Å². The van der Waals surface area contributed by atoms with Crippen LogP contribution in [0.5, 0.6) is 0 Å². The van der Waals surface area contributed by atoms with Gasteiger partial charge in [-0.1, -0.05) is 194 Å². The zero-order valence-corrected chi connectivity index (χ0v) is 33.9. The van der Waals surface area contributed by atoms with Crippen molar-refractivity contribution in [3.63, 3.8) is 0 Å². The zero-order valence-electron chi connectivity index (χ0n) is 32.3. The van der Waals surface area contributed by atoms with E-state index >= 15 is 0 Å². The number of aliphatic hydroxyl groups is 2. The standard InChI is InChI=1S/C42H80O5S2/c1-3-5-7-9-11-13-15-17-19-21-23-25-27-29-31-33-39(48)46-35-37-41(43)42(44)38(36-45-37)47-40(49)34-32-30-28-26-24-22-20-18-16-14-12-10-8-6-4-2/h37-38,41-44H,3-36H2,1-2H3/t37-,38+,41-,42-/m0/s1. The van der Waals surface area contributed by atoms with Gasteiger partial charge in [0.2, 0.25) is 0 Å². The number of hydrogen-bond acceptors (Lipinski definition) is 7. The fourth-order valence-electron chi connectivity index (χ4n) is 6.86. The molecular formula is C42H80O5S2. The molecule has 290 valence electrons. The SMILES string of the molecule is CCCCCCCCCCCCCCCCCC(=S)OC[C@@H]1OC[C@@H](OC(=S)CCCCCCCCCCCCCCCCC)[C@H](O)[C@H]1O. The first-order valence-electron chi connectivity index (χ1n) is 21.3. The van der Waals surface area contributed by atoms with Crippen molar-refractivity contribution in [2.24, 2.45) is 0 Å². The number of unbranched alkanes of at least 4 members (excludes halogenated alkanes) is 28. The van der Waals surface area contributed by atoms with Crippen LogP contribution >= 0.6 is 24.4 Å². The van der Waals surface area contributed by atoms with Gasteiger partial charge in [0.15, 0.2) is 16.2 Å². The van der Waals surface area contributed by atoms with Gasteiger partial charge in [-0.25, -0.2) is 0 Å². The lowest BCUT2D eigenvalue weighted by molar-refractivity contribution is -0.190. The van der Waals surface area contributed by atoms with Crippen LogP contribution in [0.3, 0.4) is 0 Å². The molecule has 0 aliphatic carbocycles. The minimum absolute atomic E-state index is 0.145. The van der Waals surface area contributed by atoms with E-state index < -0.39 is 24.4 Å². The maximum Gasteiger partial charge on any atom is 0.160 e. The minimum Gasteiger partial charge on any atom is -0.484 e. The third-order valence-corrected chi connectivity index (χ3v) is 10.9. The first-order valence-corrected chi connectivity index (χ1v) is 22.1. The highest BCUT2D eigenvalue weighted by Gasteiger charge is 2.40. The molecule has 0 aromatic carbocycles. The van der Waals surface area contributed by atoms with Crippen LogP contribution in [-0.2, 0) is 14.2 Å². The number of aliphatic hydroxyl groups excluding tert-OH is 2. The van der Waals surface area contributed by atoms with Crippen LogP contribution in [0.1, 0.15) is 219 Å². The molecule has 0 spiro atoms. The first kappa shape index (κ1) is 46.7. The average molecular weight is 729 g/mol. The van der Waals surface area contributed by atoms with E-state index in [1.165, 1.54) is 173 Å². The summed E-state index contributed by atoms with van der Waals surface area (Å²) in [5.41, 5.74) is 0. The summed E-state index contributed by atoms with van der Waals surface area (Å²) in [6, 6.07) is 0. The van der Waals surface area contributed by atoms with Gasteiger partial charge in [-0.15, -0.1) is 0 Å². The fraction of sp³-hybridized carbons (Fsp3) is 0.952. The number of ether oxygens (including phenoxy) is 3. The van der Waals surface area contributed by atoms with E-state index in [2.05, 4.69) is 13.8 Å². The molecule has 0 aromatic rings. The van der Waals surface area contributed by atoms with Gasteiger partial charge >= 0.3 is 0 Å². The Kier molecular flexibility index (Phi) is 33.1. The lowest BCUT2D eigenvalue weighted by atomic mass is 10.0. The molecule has 0 saturated carbocycles. The second-order valence-electron chi connectivity index (χ2n) is 15.0. The molecule has 1 rings (SSSR count). The van der Waals surface area contributed by atoms with Gasteiger partial charge in [0.1, 0.15) is 24.9 Å². The van der Waals surface area contributed by atoms with Crippen molar-refractivity contribution in [1.29, 1.82) is 0 Å². The Morgan fingerprint density at radius 1 is 0.490 bits per heavy atom. The molecule has 5 nitrogen and oxygen atoms in total. The van der Waals surface area contributed by atoms with Gasteiger partial charge in [0, 0.05) is 12.8 Å². The summed E-state index contributed by atoms with van der Waals surface area (Å²) in [4.78, 5) is 0. The predicted octanol–water partition coefficient (Wildman–Crippen LogP) is 12.7. The van der Waals surface area contributed by atoms with E-state index in [0.29, 0.717) is 16.5 Å². The Labute approximate surface area is 314 Å². The highest BCUT2D eigenvalue weighted by atomic mass is 32.1. The summed E-state index contributed by atoms with van der Waals surface area (Å²) < 4.78 is 17.4. The molecule has 0 aromatic heterocycles. The summed E-state index contributed by atoms with van der Waals surface area (Å²) in [6.07, 6.45) is 38.0. The van der Waals surface area contributed by atoms with Crippen molar-refractivity contribution in [1.82, 2.24) is 0 Å². The topological polar surface area (TPSA) is 68.2 Å². The highest BCUT2D eigenvalue weighted by molar-refractivity contribution is 7.80. The molecule has 0 amide bonds. The van der Waals surface area contributed by atoms with Crippen LogP contribution in [-0.4, -0.2) is 57.9 Å². The lowest BCUT2D eigenvalue weighted by Crippen LogP contribution is -2.55. The summed E-state index contributed by atoms with van der Waals surface area (Å²) in [6.45, 7) is 4.88. The summed E-state index contributed by atoms with van der Waals surface area (Å²) in [5.74, 6) is 0. The number of hydrogen-bond donors (Lipinski definition) is 2. The molecule has 4 atom stereocenters. The molecule has 1 fully saturated rings. The second-order valence-corrected chi connectivity index (χ2v) is 15.9. The van der Waals surface area contributed by atoms with Crippen LogP contribution in [0.4, 0.5) is 0 Å². The molecule has 49 heavy (non-hydrogen) atoms. The van der Waals surface area contributed by atoms with Gasteiger partial charge in [-0.2, -0.15) is 0 Å². The third kappa shape index (κ3) is 27.9. The second kappa shape index (κ2) is 34.7. The van der Waals surface area contributed by atoms with E-state index in [4.69, 9.17) is 38.6 Å². The van der Waals surface area contributed by atoms with Crippen molar-refractivity contribution < 1.29 is 24.4 Å². The van der Waals surface area contributed by atoms with E-state index in [0.717, 1.165) is 25.7 Å². The molecule has 1 aliphatic rings. The van der Waals surface area contributed by atoms with Crippen LogP contribution in [0, 0.1) is 0 Å². The zero-order chi connectivity index (χ0) is 35.6. The van der Waals surface area contributed by atoms with Crippen molar-refractivity contribution in [2.75, 3.05) is 13.2 Å². The smallest absolute Gasteiger partial charge is 0.160 e. The van der Waals surface area contributed by atoms with Gasteiger partial charge in [-0.3, -0.25) is 0 Å². The van der Waals surface area contributed by atoms with Crippen LogP contribution in [0.25, 0.3) is 0 Å². The van der Waals surface area contributed by atoms with Crippen LogP contribution in [0.2, 0.25) is 0 Å². The Balaban J connectivity index is 1.96. The predicted molar refractivity (Wildman–Crippen MR) is 217 cm³/mol. The van der Waals surface area contributed by atoms with Crippen molar-refractivity contribution in [2.45, 2.75) is 244 Å². The Hall–Kier alpha value is -0.340. The molecule has 1 saturated heterocycles. The summed E-state index contributed by atoms with van der Waals surface area (Å²) in [7, 11) is 0. The number of rotatable bonds is 35. The van der Waals surface area contributed by atoms with Crippen molar-refractivity contribution in [3.05, 3.63) is 0 Å². The van der Waals surface area contributed by atoms with Gasteiger partial charge in [0.05, 0.1) is 6.61 Å². The molecule has 0 unspecified atom stereocenters. The Bertz CT molecular complexity index is 749. The highest BCUT2D eigenvalue weighted by Crippen LogP contribution is 2.21. The van der Waals surface area contributed by atoms with Gasteiger partial charge in [0.25, 0.3) is 0 Å². The lowest BCUT2D eigenvalue weighted by Gasteiger charge is -2.37. The molecule has 0 radical (unpaired) electrons. The molecule has 7 heteroatoms. The average Bonchev–Trinajstić information content (AvgIpc) is 3.10. The van der Waals surface area contributed by atoms with E-state index in [1.807, 2.05) is 0 Å². The fourth-order valence-corrected chi connectivity index (χ4v) is 7.34.